The van der Waals surface area contributed by atoms with Crippen molar-refractivity contribution in [1.29, 1.82) is 0 Å². The van der Waals surface area contributed by atoms with Crippen LogP contribution in [0.3, 0.4) is 0 Å². The molecule has 1 N–H and O–H groups in total. The summed E-state index contributed by atoms with van der Waals surface area (Å²) in [6.45, 7) is 4.09. The van der Waals surface area contributed by atoms with Gasteiger partial charge in [-0.15, -0.1) is 5.10 Å². The summed E-state index contributed by atoms with van der Waals surface area (Å²) in [5.74, 6) is 0.682. The fourth-order valence-corrected chi connectivity index (χ4v) is 2.07. The van der Waals surface area contributed by atoms with Gasteiger partial charge < -0.3 is 10.2 Å². The van der Waals surface area contributed by atoms with E-state index in [1.165, 1.54) is 0 Å². The first-order chi connectivity index (χ1) is 8.84. The Bertz CT molecular complexity index is 512. The average Bonchev–Trinajstić information content (AvgIpc) is 2.86. The summed E-state index contributed by atoms with van der Waals surface area (Å²) < 4.78 is 1.62. The van der Waals surface area contributed by atoms with Crippen LogP contribution in [-0.4, -0.2) is 51.4 Å². The van der Waals surface area contributed by atoms with Gasteiger partial charge >= 0.3 is 0 Å². The number of pyridine rings is 1. The summed E-state index contributed by atoms with van der Waals surface area (Å²) in [5, 5.41) is 14.7. The SMILES string of the molecule is Cn1nnnc1-c1ccc(N2CCNCC2)cn1. The lowest BCUT2D eigenvalue weighted by atomic mass is 10.2. The van der Waals surface area contributed by atoms with Gasteiger partial charge in [-0.3, -0.25) is 4.98 Å². The Morgan fingerprint density at radius 3 is 2.67 bits per heavy atom. The van der Waals surface area contributed by atoms with Crippen LogP contribution in [0.1, 0.15) is 0 Å². The second-order valence-electron chi connectivity index (χ2n) is 4.26. The van der Waals surface area contributed by atoms with Crippen molar-refractivity contribution in [1.82, 2.24) is 30.5 Å². The summed E-state index contributed by atoms with van der Waals surface area (Å²) in [5.41, 5.74) is 1.94. The van der Waals surface area contributed by atoms with Crippen molar-refractivity contribution < 1.29 is 0 Å². The number of piperazine rings is 1. The molecule has 0 aromatic carbocycles. The van der Waals surface area contributed by atoms with E-state index in [9.17, 15) is 0 Å². The molecule has 3 heterocycles. The van der Waals surface area contributed by atoms with Crippen LogP contribution in [0.4, 0.5) is 5.69 Å². The van der Waals surface area contributed by atoms with Gasteiger partial charge in [-0.1, -0.05) is 0 Å². The number of tetrazole rings is 1. The fourth-order valence-electron chi connectivity index (χ4n) is 2.07. The van der Waals surface area contributed by atoms with E-state index in [4.69, 9.17) is 0 Å². The van der Waals surface area contributed by atoms with Gasteiger partial charge in [-0.2, -0.15) is 0 Å². The van der Waals surface area contributed by atoms with Gasteiger partial charge in [0.05, 0.1) is 11.9 Å². The molecule has 1 aliphatic heterocycles. The normalized spacial score (nSPS) is 15.9. The van der Waals surface area contributed by atoms with Crippen LogP contribution in [0, 0.1) is 0 Å². The van der Waals surface area contributed by atoms with Crippen molar-refractivity contribution in [2.45, 2.75) is 0 Å². The maximum absolute atomic E-state index is 4.43. The molecule has 0 atom stereocenters. The molecule has 0 amide bonds. The number of aryl methyl sites for hydroxylation is 1. The second-order valence-corrected chi connectivity index (χ2v) is 4.26. The Hall–Kier alpha value is -2.02. The van der Waals surface area contributed by atoms with E-state index in [0.29, 0.717) is 5.82 Å². The van der Waals surface area contributed by atoms with Crippen molar-refractivity contribution in [2.24, 2.45) is 7.05 Å². The lowest BCUT2D eigenvalue weighted by Gasteiger charge is -2.29. The minimum Gasteiger partial charge on any atom is -0.368 e. The van der Waals surface area contributed by atoms with Crippen LogP contribution in [0.2, 0.25) is 0 Å². The predicted octanol–water partition coefficient (Wildman–Crippen LogP) is -0.318. The standard InChI is InChI=1S/C11H15N7/c1-17-11(14-15-16-17)10-3-2-9(8-13-10)18-6-4-12-5-7-18/h2-3,8,12H,4-7H2,1H3. The van der Waals surface area contributed by atoms with E-state index >= 15 is 0 Å². The van der Waals surface area contributed by atoms with Crippen molar-refractivity contribution in [3.8, 4) is 11.5 Å². The number of nitrogens with one attached hydrogen (secondary N) is 1. The highest BCUT2D eigenvalue weighted by Gasteiger charge is 2.12. The van der Waals surface area contributed by atoms with Crippen LogP contribution in [0.15, 0.2) is 18.3 Å². The van der Waals surface area contributed by atoms with Crippen LogP contribution in [0.5, 0.6) is 0 Å². The van der Waals surface area contributed by atoms with Gasteiger partial charge in [0.15, 0.2) is 5.82 Å². The summed E-state index contributed by atoms with van der Waals surface area (Å²) >= 11 is 0. The smallest absolute Gasteiger partial charge is 0.200 e. The molecular formula is C11H15N7. The largest absolute Gasteiger partial charge is 0.368 e. The molecule has 0 aliphatic carbocycles. The molecule has 0 spiro atoms. The zero-order valence-electron chi connectivity index (χ0n) is 10.2. The summed E-state index contributed by atoms with van der Waals surface area (Å²) in [4.78, 5) is 6.75. The molecule has 1 saturated heterocycles. The maximum Gasteiger partial charge on any atom is 0.200 e. The van der Waals surface area contributed by atoms with Gasteiger partial charge in [-0.05, 0) is 22.6 Å². The first-order valence-corrected chi connectivity index (χ1v) is 5.99. The highest BCUT2D eigenvalue weighted by Crippen LogP contribution is 2.18. The first-order valence-electron chi connectivity index (χ1n) is 5.99. The molecule has 94 valence electrons. The van der Waals surface area contributed by atoms with E-state index in [1.807, 2.05) is 12.3 Å². The van der Waals surface area contributed by atoms with Gasteiger partial charge in [-0.25, -0.2) is 4.68 Å². The van der Waals surface area contributed by atoms with Gasteiger partial charge in [0.1, 0.15) is 5.69 Å². The Labute approximate surface area is 105 Å². The third-order valence-corrected chi connectivity index (χ3v) is 3.08. The Morgan fingerprint density at radius 1 is 1.22 bits per heavy atom. The highest BCUT2D eigenvalue weighted by molar-refractivity contribution is 5.54. The fraction of sp³-hybridized carbons (Fsp3) is 0.455. The van der Waals surface area contributed by atoms with E-state index in [2.05, 4.69) is 36.8 Å². The van der Waals surface area contributed by atoms with Crippen LogP contribution in [-0.2, 0) is 7.05 Å². The van der Waals surface area contributed by atoms with Crippen LogP contribution in [0.25, 0.3) is 11.5 Å². The lowest BCUT2D eigenvalue weighted by molar-refractivity contribution is 0.589. The number of hydrogen-bond donors (Lipinski definition) is 1. The molecular weight excluding hydrogens is 230 g/mol. The highest BCUT2D eigenvalue weighted by atomic mass is 15.5. The third kappa shape index (κ3) is 2.04. The Morgan fingerprint density at radius 2 is 2.06 bits per heavy atom. The van der Waals surface area contributed by atoms with Crippen LogP contribution < -0.4 is 10.2 Å². The molecule has 3 rings (SSSR count). The monoisotopic (exact) mass is 245 g/mol. The topological polar surface area (TPSA) is 71.8 Å². The number of hydrogen-bond acceptors (Lipinski definition) is 6. The molecule has 0 radical (unpaired) electrons. The average molecular weight is 245 g/mol. The zero-order chi connectivity index (χ0) is 12.4. The number of aromatic nitrogens is 5. The molecule has 2 aromatic rings. The number of anilines is 1. The van der Waals surface area contributed by atoms with Crippen LogP contribution >= 0.6 is 0 Å². The van der Waals surface area contributed by atoms with Gasteiger partial charge in [0.2, 0.25) is 0 Å². The predicted molar refractivity (Wildman–Crippen MR) is 67.1 cm³/mol. The quantitative estimate of drug-likeness (QED) is 0.782. The molecule has 2 aromatic heterocycles. The van der Waals surface area contributed by atoms with E-state index in [1.54, 1.807) is 11.7 Å². The number of nitrogens with zero attached hydrogens (tertiary/aromatic N) is 6. The summed E-state index contributed by atoms with van der Waals surface area (Å²) in [7, 11) is 1.81. The second kappa shape index (κ2) is 4.69. The van der Waals surface area contributed by atoms with Crippen molar-refractivity contribution in [2.75, 3.05) is 31.1 Å². The molecule has 1 aliphatic rings. The third-order valence-electron chi connectivity index (χ3n) is 3.08. The van der Waals surface area contributed by atoms with E-state index < -0.39 is 0 Å². The Kier molecular flexibility index (Phi) is 2.89. The Balaban J connectivity index is 1.82. The minimum absolute atomic E-state index is 0.682. The van der Waals surface area contributed by atoms with Crippen molar-refractivity contribution >= 4 is 5.69 Å². The van der Waals surface area contributed by atoms with Gasteiger partial charge in [0, 0.05) is 33.2 Å². The minimum atomic E-state index is 0.682. The molecule has 18 heavy (non-hydrogen) atoms. The lowest BCUT2D eigenvalue weighted by Crippen LogP contribution is -2.43. The molecule has 7 nitrogen and oxygen atoms in total. The molecule has 1 fully saturated rings. The molecule has 7 heteroatoms. The zero-order valence-corrected chi connectivity index (χ0v) is 10.2. The molecule has 0 saturated carbocycles. The van der Waals surface area contributed by atoms with Gasteiger partial charge in [0.25, 0.3) is 0 Å². The maximum atomic E-state index is 4.43. The molecule has 0 unspecified atom stereocenters. The number of rotatable bonds is 2. The summed E-state index contributed by atoms with van der Waals surface area (Å²) in [6, 6.07) is 4.03. The van der Waals surface area contributed by atoms with Crippen molar-refractivity contribution in [3.05, 3.63) is 18.3 Å². The summed E-state index contributed by atoms with van der Waals surface area (Å²) in [6.07, 6.45) is 1.88. The first kappa shape index (κ1) is 11.1. The molecule has 0 bridgehead atoms. The van der Waals surface area contributed by atoms with Crippen molar-refractivity contribution in [3.63, 3.8) is 0 Å². The van der Waals surface area contributed by atoms with E-state index in [0.717, 1.165) is 37.6 Å². The van der Waals surface area contributed by atoms with E-state index in [-0.39, 0.29) is 0 Å².